The van der Waals surface area contributed by atoms with E-state index in [2.05, 4.69) is 23.1 Å². The molecule has 32 heavy (non-hydrogen) atoms. The number of furan rings is 1. The summed E-state index contributed by atoms with van der Waals surface area (Å²) in [4.78, 5) is 13.5. The Morgan fingerprint density at radius 2 is 2.00 bits per heavy atom. The molecule has 3 aromatic carbocycles. The van der Waals surface area contributed by atoms with Crippen LogP contribution in [0, 0.1) is 0 Å². The van der Waals surface area contributed by atoms with E-state index in [1.807, 2.05) is 49.5 Å². The van der Waals surface area contributed by atoms with Crippen molar-refractivity contribution in [1.82, 2.24) is 0 Å². The van der Waals surface area contributed by atoms with Gasteiger partial charge in [0.15, 0.2) is 0 Å². The molecule has 1 aliphatic rings. The van der Waals surface area contributed by atoms with Crippen LogP contribution in [-0.2, 0) is 17.8 Å². The fraction of sp³-hybridized carbons (Fsp3) is 0.192. The second-order valence-electron chi connectivity index (χ2n) is 8.13. The van der Waals surface area contributed by atoms with Gasteiger partial charge in [-0.2, -0.15) is 0 Å². The third-order valence-corrected chi connectivity index (χ3v) is 5.95. The lowest BCUT2D eigenvalue weighted by molar-refractivity contribution is -0.136. The average molecular weight is 428 g/mol. The van der Waals surface area contributed by atoms with Crippen LogP contribution in [0.4, 0.5) is 5.69 Å². The Morgan fingerprint density at radius 3 is 2.81 bits per heavy atom. The number of para-hydroxylation sites is 1. The van der Waals surface area contributed by atoms with Crippen molar-refractivity contribution in [1.29, 1.82) is 0 Å². The third-order valence-electron chi connectivity index (χ3n) is 5.95. The van der Waals surface area contributed by atoms with Gasteiger partial charge in [-0.1, -0.05) is 30.3 Å². The van der Waals surface area contributed by atoms with Crippen LogP contribution >= 0.6 is 0 Å². The summed E-state index contributed by atoms with van der Waals surface area (Å²) < 4.78 is 12.2. The van der Waals surface area contributed by atoms with Crippen LogP contribution in [0.15, 0.2) is 71.3 Å². The molecule has 1 aromatic heterocycles. The van der Waals surface area contributed by atoms with Gasteiger partial charge >= 0.3 is 5.97 Å². The maximum atomic E-state index is 11.4. The molecule has 6 nitrogen and oxygen atoms in total. The first-order valence-electron chi connectivity index (χ1n) is 10.6. The summed E-state index contributed by atoms with van der Waals surface area (Å²) in [6, 6.07) is 19.9. The van der Waals surface area contributed by atoms with E-state index >= 15 is 0 Å². The van der Waals surface area contributed by atoms with Crippen LogP contribution < -0.4 is 15.4 Å². The Bertz CT molecular complexity index is 1310. The fourth-order valence-corrected chi connectivity index (χ4v) is 4.38. The van der Waals surface area contributed by atoms with Crippen molar-refractivity contribution in [3.8, 4) is 16.9 Å². The van der Waals surface area contributed by atoms with Crippen LogP contribution in [-0.4, -0.2) is 24.7 Å². The average Bonchev–Trinajstić information content (AvgIpc) is 3.27. The van der Waals surface area contributed by atoms with Gasteiger partial charge in [0.1, 0.15) is 17.4 Å². The molecule has 0 radical (unpaired) electrons. The van der Waals surface area contributed by atoms with E-state index in [4.69, 9.17) is 14.9 Å². The number of benzene rings is 3. The van der Waals surface area contributed by atoms with Crippen molar-refractivity contribution in [3.63, 3.8) is 0 Å². The Hall–Kier alpha value is -3.77. The van der Waals surface area contributed by atoms with Crippen molar-refractivity contribution in [2.24, 2.45) is 5.73 Å². The highest BCUT2D eigenvalue weighted by Gasteiger charge is 2.28. The van der Waals surface area contributed by atoms with E-state index in [1.54, 1.807) is 6.26 Å². The quantitative estimate of drug-likeness (QED) is 0.477. The Balaban J connectivity index is 1.60. The predicted molar refractivity (Wildman–Crippen MR) is 124 cm³/mol. The summed E-state index contributed by atoms with van der Waals surface area (Å²) in [6.45, 7) is 1.11. The Labute approximate surface area is 185 Å². The summed E-state index contributed by atoms with van der Waals surface area (Å²) in [5.74, 6) is -0.249. The maximum absolute atomic E-state index is 11.4. The minimum atomic E-state index is -0.881. The van der Waals surface area contributed by atoms with Crippen LogP contribution in [0.1, 0.15) is 22.8 Å². The van der Waals surface area contributed by atoms with Crippen molar-refractivity contribution >= 4 is 22.6 Å². The minimum absolute atomic E-state index is 0.0817. The predicted octanol–water partition coefficient (Wildman–Crippen LogP) is 4.76. The molecular formula is C26H24N2O4. The number of nitrogens with two attached hydrogens (primary N) is 1. The maximum Gasteiger partial charge on any atom is 0.307 e. The molecule has 162 valence electrons. The van der Waals surface area contributed by atoms with Gasteiger partial charge in [-0.15, -0.1) is 0 Å². The van der Waals surface area contributed by atoms with Gasteiger partial charge in [0, 0.05) is 30.1 Å². The second kappa shape index (κ2) is 8.05. The number of hydrogen-bond donors (Lipinski definition) is 2. The lowest BCUT2D eigenvalue weighted by Gasteiger charge is -2.35. The van der Waals surface area contributed by atoms with E-state index in [0.717, 1.165) is 38.9 Å². The number of nitrogens with zero attached hydrogens (tertiary/aromatic N) is 1. The summed E-state index contributed by atoms with van der Waals surface area (Å²) in [5.41, 5.74) is 12.3. The van der Waals surface area contributed by atoms with Crippen LogP contribution in [0.5, 0.6) is 5.75 Å². The molecular weight excluding hydrogens is 404 g/mol. The first kappa shape index (κ1) is 20.2. The molecule has 0 aliphatic carbocycles. The summed E-state index contributed by atoms with van der Waals surface area (Å²) >= 11 is 0. The fourth-order valence-electron chi connectivity index (χ4n) is 4.38. The molecule has 0 saturated carbocycles. The summed E-state index contributed by atoms with van der Waals surface area (Å²) in [5, 5.41) is 10.3. The van der Waals surface area contributed by atoms with Crippen molar-refractivity contribution in [3.05, 3.63) is 83.6 Å². The molecule has 0 fully saturated rings. The molecule has 0 bridgehead atoms. The molecule has 0 saturated heterocycles. The van der Waals surface area contributed by atoms with Gasteiger partial charge < -0.3 is 24.9 Å². The number of carbonyl (C=O) groups is 1. The monoisotopic (exact) mass is 428 g/mol. The SMILES string of the molecule is CN1C[C@@H](c2cc(-c3cccc(CN)c3)c3occc3c2)Oc2c(CC(=O)O)cccc21. The minimum Gasteiger partial charge on any atom is -0.481 e. The lowest BCUT2D eigenvalue weighted by Crippen LogP contribution is -2.32. The van der Waals surface area contributed by atoms with Gasteiger partial charge in [0.2, 0.25) is 0 Å². The highest BCUT2D eigenvalue weighted by molar-refractivity contribution is 5.93. The first-order valence-corrected chi connectivity index (χ1v) is 10.6. The van der Waals surface area contributed by atoms with Crippen LogP contribution in [0.3, 0.4) is 0 Å². The molecule has 2 heterocycles. The van der Waals surface area contributed by atoms with Crippen molar-refractivity contribution in [2.45, 2.75) is 19.1 Å². The molecule has 0 amide bonds. The van der Waals surface area contributed by atoms with Gasteiger partial charge in [-0.25, -0.2) is 0 Å². The normalized spacial score (nSPS) is 15.4. The molecule has 3 N–H and O–H groups in total. The van der Waals surface area contributed by atoms with E-state index in [1.165, 1.54) is 0 Å². The topological polar surface area (TPSA) is 88.9 Å². The molecule has 5 rings (SSSR count). The molecule has 0 spiro atoms. The number of hydrogen-bond acceptors (Lipinski definition) is 5. The molecule has 6 heteroatoms. The number of carboxylic acids is 1. The third kappa shape index (κ3) is 3.59. The van der Waals surface area contributed by atoms with E-state index < -0.39 is 5.97 Å². The zero-order valence-corrected chi connectivity index (χ0v) is 17.7. The number of rotatable bonds is 5. The molecule has 4 aromatic rings. The highest BCUT2D eigenvalue weighted by atomic mass is 16.5. The van der Waals surface area contributed by atoms with E-state index in [9.17, 15) is 9.90 Å². The number of carboxylic acid groups (broad SMARTS) is 1. The van der Waals surface area contributed by atoms with Gasteiger partial charge in [-0.05, 0) is 47.0 Å². The number of aliphatic carboxylic acids is 1. The first-order chi connectivity index (χ1) is 15.5. The smallest absolute Gasteiger partial charge is 0.307 e. The number of likely N-dealkylation sites (N-methyl/N-ethyl adjacent to an activating group) is 1. The number of ether oxygens (including phenoxy) is 1. The molecule has 1 atom stereocenters. The second-order valence-corrected chi connectivity index (χ2v) is 8.13. The largest absolute Gasteiger partial charge is 0.481 e. The van der Waals surface area contributed by atoms with Gasteiger partial charge in [0.25, 0.3) is 0 Å². The standard InChI is InChI=1S/C26H24N2O4/c1-28-15-23(32-26-18(13-24(29)30)6-3-7-22(26)28)20-11-19-8-9-31-25(19)21(12-20)17-5-2-4-16(10-17)14-27/h2-12,23H,13-15,27H2,1H3,(H,29,30)/t23-/m0/s1. The number of anilines is 1. The zero-order valence-electron chi connectivity index (χ0n) is 17.7. The van der Waals surface area contributed by atoms with Crippen molar-refractivity contribution < 1.29 is 19.1 Å². The Kier molecular flexibility index (Phi) is 5.07. The van der Waals surface area contributed by atoms with Crippen LogP contribution in [0.25, 0.3) is 22.1 Å². The van der Waals surface area contributed by atoms with E-state index in [-0.39, 0.29) is 12.5 Å². The highest BCUT2D eigenvalue weighted by Crippen LogP contribution is 2.42. The van der Waals surface area contributed by atoms with Gasteiger partial charge in [-0.3, -0.25) is 4.79 Å². The van der Waals surface area contributed by atoms with Gasteiger partial charge in [0.05, 0.1) is 24.9 Å². The molecule has 1 aliphatic heterocycles. The zero-order chi connectivity index (χ0) is 22.2. The van der Waals surface area contributed by atoms with Crippen molar-refractivity contribution in [2.75, 3.05) is 18.5 Å². The van der Waals surface area contributed by atoms with Crippen LogP contribution in [0.2, 0.25) is 0 Å². The van der Waals surface area contributed by atoms with E-state index in [0.29, 0.717) is 24.4 Å². The molecule has 0 unspecified atom stereocenters. The Morgan fingerprint density at radius 1 is 1.16 bits per heavy atom. The summed E-state index contributed by atoms with van der Waals surface area (Å²) in [6.07, 6.45) is 1.36. The lowest BCUT2D eigenvalue weighted by atomic mass is 9.96. The summed E-state index contributed by atoms with van der Waals surface area (Å²) in [7, 11) is 2.00. The number of fused-ring (bicyclic) bond motifs is 2.